The van der Waals surface area contributed by atoms with Crippen molar-refractivity contribution in [3.63, 3.8) is 0 Å². The molecule has 4 rings (SSSR count). The van der Waals surface area contributed by atoms with Crippen LogP contribution in [0.5, 0.6) is 0 Å². The van der Waals surface area contributed by atoms with Crippen molar-refractivity contribution in [2.24, 2.45) is 5.92 Å². The number of aliphatic hydroxyl groups is 1. The van der Waals surface area contributed by atoms with Crippen LogP contribution in [0.1, 0.15) is 42.7 Å². The second-order valence-electron chi connectivity index (χ2n) is 12.1. The average molecular weight is 751 g/mol. The van der Waals surface area contributed by atoms with Gasteiger partial charge in [-0.2, -0.15) is 0 Å². The minimum Gasteiger partial charge on any atom is -0.459 e. The highest BCUT2D eigenvalue weighted by Gasteiger charge is 2.62. The fraction of sp³-hybridized carbons (Fsp3) is 0.536. The van der Waals surface area contributed by atoms with Gasteiger partial charge in [0.25, 0.3) is 11.0 Å². The Morgan fingerprint density at radius 2 is 1.65 bits per heavy atom. The lowest BCUT2D eigenvalue weighted by molar-refractivity contribution is -0.791. The Kier molecular flexibility index (Phi) is 12.4. The summed E-state index contributed by atoms with van der Waals surface area (Å²) < 4.78 is 41.3. The highest BCUT2D eigenvalue weighted by atomic mass is 32.3. The highest BCUT2D eigenvalue weighted by Crippen LogP contribution is 2.70. The van der Waals surface area contributed by atoms with Crippen molar-refractivity contribution in [1.29, 1.82) is 0 Å². The van der Waals surface area contributed by atoms with Gasteiger partial charge in [0.1, 0.15) is 51.2 Å². The molecule has 21 heteroatoms. The van der Waals surface area contributed by atoms with Crippen molar-refractivity contribution >= 4 is 43.8 Å². The molecule has 2 aromatic rings. The van der Waals surface area contributed by atoms with Crippen LogP contribution in [0.3, 0.4) is 0 Å². The normalized spacial score (nSPS) is 23.6. The largest absolute Gasteiger partial charge is 0.459 e. The standard InChI is InChI=1S/C28H41N5O13P2S/c1-20(2)16-24(32-26(35)22(17-21-6-4-3-5-7-21)31-27(36)23-19-29-8-9-30-23)49-33(11-14-45-49,12-15-46-49)10-13-44-25(34)18-28(37,47(38,39)40)48(41,42)43/h3-9,19-20,22,24,37H,10-18H2,1-2H3,(H5-,31,32,35,36,38,39,40,41,42,43)/p+1/t22-,24+/m0/s1. The number of nitrogens with one attached hydrogen (secondary N) is 2. The van der Waals surface area contributed by atoms with E-state index in [0.29, 0.717) is 19.5 Å². The van der Waals surface area contributed by atoms with Crippen LogP contribution >= 0.6 is 26.0 Å². The number of quaternary nitrogens is 1. The number of amides is 2. The van der Waals surface area contributed by atoms with E-state index in [-0.39, 0.29) is 48.3 Å². The van der Waals surface area contributed by atoms with E-state index in [1.807, 2.05) is 44.2 Å². The SMILES string of the molecule is CC(C)C[C@H](NC(=O)[C@H](Cc1ccccc1)NC(=O)c1cnccn1)S12OCC[N+]1(CCOC(=O)CC(O)(P(=O)(O)O)P(=O)(O)O)CCO2. The molecule has 2 aliphatic heterocycles. The molecule has 0 spiro atoms. The Labute approximate surface area is 284 Å². The fourth-order valence-electron chi connectivity index (χ4n) is 5.65. The molecule has 2 saturated heterocycles. The summed E-state index contributed by atoms with van der Waals surface area (Å²) in [5, 5.41) is 11.3. The van der Waals surface area contributed by atoms with E-state index in [0.717, 1.165) is 5.56 Å². The average Bonchev–Trinajstić information content (AvgIpc) is 3.56. The summed E-state index contributed by atoms with van der Waals surface area (Å²) >= 11 is 0. The van der Waals surface area contributed by atoms with Gasteiger partial charge in [-0.05, 0) is 28.7 Å². The first-order valence-corrected chi connectivity index (χ1v) is 20.0. The van der Waals surface area contributed by atoms with E-state index >= 15 is 0 Å². The van der Waals surface area contributed by atoms with Crippen molar-refractivity contribution in [3.05, 3.63) is 60.2 Å². The van der Waals surface area contributed by atoms with E-state index in [1.54, 1.807) is 0 Å². The van der Waals surface area contributed by atoms with Crippen molar-refractivity contribution < 1.29 is 65.2 Å². The maximum Gasteiger partial charge on any atom is 0.370 e. The van der Waals surface area contributed by atoms with E-state index in [2.05, 4.69) is 20.6 Å². The van der Waals surface area contributed by atoms with Gasteiger partial charge in [0.05, 0.1) is 12.6 Å². The molecule has 2 aliphatic rings. The van der Waals surface area contributed by atoms with Crippen LogP contribution in [0.25, 0.3) is 0 Å². The van der Waals surface area contributed by atoms with E-state index in [1.165, 1.54) is 18.6 Å². The predicted molar refractivity (Wildman–Crippen MR) is 174 cm³/mol. The molecule has 1 aromatic heterocycles. The number of carbonyl (C=O) groups is 3. The number of aromatic nitrogens is 2. The lowest BCUT2D eigenvalue weighted by Gasteiger charge is -2.51. The number of esters is 1. The molecule has 49 heavy (non-hydrogen) atoms. The number of fused-ring (bicyclic) bond motifs is 1. The fourth-order valence-corrected chi connectivity index (χ4v) is 11.6. The van der Waals surface area contributed by atoms with Crippen LogP contribution < -0.4 is 10.6 Å². The molecule has 0 radical (unpaired) electrons. The molecule has 0 saturated carbocycles. The van der Waals surface area contributed by atoms with Gasteiger partial charge >= 0.3 is 21.2 Å². The molecule has 1 aromatic carbocycles. The summed E-state index contributed by atoms with van der Waals surface area (Å²) in [7, 11) is -14.4. The number of carbonyl (C=O) groups excluding carboxylic acids is 3. The van der Waals surface area contributed by atoms with Gasteiger partial charge in [0, 0.05) is 18.8 Å². The molecule has 0 aliphatic carbocycles. The molecule has 3 heterocycles. The number of hydrogen-bond donors (Lipinski definition) is 7. The van der Waals surface area contributed by atoms with Crippen LogP contribution in [-0.2, 0) is 38.2 Å². The number of nitrogens with zero attached hydrogens (tertiary/aromatic N) is 3. The zero-order valence-electron chi connectivity index (χ0n) is 26.9. The molecule has 7 N–H and O–H groups in total. The van der Waals surface area contributed by atoms with Gasteiger partial charge in [-0.1, -0.05) is 44.2 Å². The summed E-state index contributed by atoms with van der Waals surface area (Å²) in [6, 6.07) is 8.08. The molecular weight excluding hydrogens is 708 g/mol. The Morgan fingerprint density at radius 1 is 1.02 bits per heavy atom. The summed E-state index contributed by atoms with van der Waals surface area (Å²) in [6.45, 7) is 4.87. The lowest BCUT2D eigenvalue weighted by atomic mass is 10.0. The number of hydrogen-bond acceptors (Lipinski definition) is 11. The molecule has 0 unspecified atom stereocenters. The first-order valence-electron chi connectivity index (χ1n) is 15.3. The van der Waals surface area contributed by atoms with Crippen molar-refractivity contribution in [1.82, 2.24) is 20.6 Å². The Morgan fingerprint density at radius 3 is 2.20 bits per heavy atom. The second kappa shape index (κ2) is 15.6. The first-order chi connectivity index (χ1) is 22.9. The zero-order valence-corrected chi connectivity index (χ0v) is 29.5. The third-order valence-electron chi connectivity index (χ3n) is 8.17. The first kappa shape index (κ1) is 39.0. The zero-order chi connectivity index (χ0) is 36.1. The third-order valence-corrected chi connectivity index (χ3v) is 15.6. The number of benzene rings is 1. The van der Waals surface area contributed by atoms with Gasteiger partial charge in [0.15, 0.2) is 5.37 Å². The summed E-state index contributed by atoms with van der Waals surface area (Å²) in [4.78, 5) is 85.1. The minimum absolute atomic E-state index is 0.0276. The van der Waals surface area contributed by atoms with Crippen LogP contribution in [0, 0.1) is 5.92 Å². The van der Waals surface area contributed by atoms with Gasteiger partial charge in [-0.15, -0.1) is 0 Å². The molecule has 2 fully saturated rings. The Hall–Kier alpha value is -2.80. The maximum absolute atomic E-state index is 14.1. The van der Waals surface area contributed by atoms with Crippen LogP contribution in [-0.4, -0.2) is 112 Å². The third kappa shape index (κ3) is 8.75. The molecule has 272 valence electrons. The minimum atomic E-state index is -5.86. The Bertz CT molecular complexity index is 1540. The van der Waals surface area contributed by atoms with Gasteiger partial charge in [-0.25, -0.2) is 17.2 Å². The molecule has 2 amide bonds. The second-order valence-corrected chi connectivity index (χ2v) is 18.9. The molecule has 0 bridgehead atoms. The van der Waals surface area contributed by atoms with Gasteiger partial charge < -0.3 is 40.1 Å². The monoisotopic (exact) mass is 750 g/mol. The molecular formula is C28H42N5O13P2S+. The number of ether oxygens (including phenoxy) is 1. The molecule has 18 nitrogen and oxygen atoms in total. The smallest absolute Gasteiger partial charge is 0.370 e. The van der Waals surface area contributed by atoms with Crippen molar-refractivity contribution in [2.75, 3.05) is 39.5 Å². The summed E-state index contributed by atoms with van der Waals surface area (Å²) in [5.74, 6) is -2.50. The van der Waals surface area contributed by atoms with E-state index in [4.69, 9.17) is 13.1 Å². The van der Waals surface area contributed by atoms with Crippen LogP contribution in [0.2, 0.25) is 0 Å². The number of rotatable bonds is 16. The predicted octanol–water partition coefficient (Wildman–Crippen LogP) is 0.668. The summed E-state index contributed by atoms with van der Waals surface area (Å²) in [6.07, 6.45) is 2.98. The maximum atomic E-state index is 14.1. The van der Waals surface area contributed by atoms with Gasteiger partial charge in [0.2, 0.25) is 5.91 Å². The van der Waals surface area contributed by atoms with Crippen molar-refractivity contribution in [3.8, 4) is 0 Å². The summed E-state index contributed by atoms with van der Waals surface area (Å²) in [5.41, 5.74) is 0.818. The quantitative estimate of drug-likeness (QED) is 0.0706. The lowest BCUT2D eigenvalue weighted by Crippen LogP contribution is -2.56. The van der Waals surface area contributed by atoms with Crippen molar-refractivity contribution in [2.45, 2.75) is 49.6 Å². The topological polar surface area (TPSA) is 264 Å². The van der Waals surface area contributed by atoms with Crippen LogP contribution in [0.4, 0.5) is 0 Å². The van der Waals surface area contributed by atoms with E-state index in [9.17, 15) is 48.2 Å². The highest BCUT2D eigenvalue weighted by molar-refractivity contribution is 8.21. The van der Waals surface area contributed by atoms with Gasteiger partial charge in [-0.3, -0.25) is 28.5 Å². The van der Waals surface area contributed by atoms with Crippen LogP contribution in [0.15, 0.2) is 48.9 Å². The Balaban J connectivity index is 1.54. The molecule has 2 atom stereocenters. The van der Waals surface area contributed by atoms with E-state index < -0.39 is 66.7 Å².